The van der Waals surface area contributed by atoms with Crippen LogP contribution in [0.25, 0.3) is 10.8 Å². The maximum atomic E-state index is 13.4. The molecule has 0 bridgehead atoms. The van der Waals surface area contributed by atoms with Crippen LogP contribution in [0, 0.1) is 0 Å². The Hall–Kier alpha value is -3.34. The van der Waals surface area contributed by atoms with Crippen molar-refractivity contribution >= 4 is 22.6 Å². The summed E-state index contributed by atoms with van der Waals surface area (Å²) >= 11 is 0. The summed E-state index contributed by atoms with van der Waals surface area (Å²) in [6, 6.07) is 19.1. The lowest BCUT2D eigenvalue weighted by molar-refractivity contribution is -0.141. The number of nitrogens with zero attached hydrogens (tertiary/aromatic N) is 1. The molecule has 3 aromatic carbocycles. The summed E-state index contributed by atoms with van der Waals surface area (Å²) in [6.45, 7) is 2.28. The number of carbonyl (C=O) groups excluding carboxylic acids is 2. The van der Waals surface area contributed by atoms with Gasteiger partial charge in [-0.2, -0.15) is 0 Å². The van der Waals surface area contributed by atoms with Gasteiger partial charge in [0.2, 0.25) is 11.8 Å². The predicted octanol–water partition coefficient (Wildman–Crippen LogP) is 3.39. The third-order valence-corrected chi connectivity index (χ3v) is 5.80. The number of ether oxygens (including phenoxy) is 1. The fraction of sp³-hybridized carbons (Fsp3) is 0.250. The molecule has 1 aliphatic heterocycles. The van der Waals surface area contributed by atoms with Crippen molar-refractivity contribution < 1.29 is 14.3 Å². The Kier molecular flexibility index (Phi) is 4.97. The van der Waals surface area contributed by atoms with Gasteiger partial charge in [0.1, 0.15) is 11.8 Å². The number of nitrogens with two attached hydrogens (primary N) is 1. The quantitative estimate of drug-likeness (QED) is 0.745. The molecular weight excluding hydrogens is 364 g/mol. The summed E-state index contributed by atoms with van der Waals surface area (Å²) in [4.78, 5) is 27.1. The lowest BCUT2D eigenvalue weighted by Crippen LogP contribution is -2.52. The highest BCUT2D eigenvalue weighted by Gasteiger charge is 2.35. The van der Waals surface area contributed by atoms with Gasteiger partial charge in [-0.15, -0.1) is 0 Å². The van der Waals surface area contributed by atoms with E-state index in [2.05, 4.69) is 0 Å². The normalized spacial score (nSPS) is 16.9. The largest absolute Gasteiger partial charge is 0.497 e. The number of amides is 2. The van der Waals surface area contributed by atoms with E-state index < -0.39 is 11.9 Å². The van der Waals surface area contributed by atoms with Crippen molar-refractivity contribution in [3.8, 4) is 5.75 Å². The summed E-state index contributed by atoms with van der Waals surface area (Å²) < 4.78 is 5.28. The first-order valence-electron chi connectivity index (χ1n) is 9.72. The van der Waals surface area contributed by atoms with Crippen molar-refractivity contribution in [2.45, 2.75) is 31.8 Å². The highest BCUT2D eigenvalue weighted by molar-refractivity contribution is 5.92. The van der Waals surface area contributed by atoms with E-state index in [1.165, 1.54) is 0 Å². The Morgan fingerprint density at radius 3 is 2.45 bits per heavy atom. The van der Waals surface area contributed by atoms with Gasteiger partial charge in [0.25, 0.3) is 0 Å². The zero-order valence-corrected chi connectivity index (χ0v) is 16.6. The number of primary amides is 1. The summed E-state index contributed by atoms with van der Waals surface area (Å²) in [6.07, 6.45) is 0.460. The fourth-order valence-electron chi connectivity index (χ4n) is 4.04. The highest BCUT2D eigenvalue weighted by atomic mass is 16.5. The van der Waals surface area contributed by atoms with Crippen molar-refractivity contribution in [3.63, 3.8) is 0 Å². The van der Waals surface area contributed by atoms with Gasteiger partial charge >= 0.3 is 0 Å². The third kappa shape index (κ3) is 3.56. The van der Waals surface area contributed by atoms with Crippen molar-refractivity contribution in [1.29, 1.82) is 0 Å². The average Bonchev–Trinajstić information content (AvgIpc) is 2.76. The monoisotopic (exact) mass is 388 g/mol. The second-order valence-corrected chi connectivity index (χ2v) is 7.55. The zero-order chi connectivity index (χ0) is 20.5. The molecule has 3 aromatic rings. The number of carbonyl (C=O) groups is 2. The van der Waals surface area contributed by atoms with Crippen LogP contribution in [0.4, 0.5) is 0 Å². The smallest absolute Gasteiger partial charge is 0.240 e. The number of hydrogen-bond donors (Lipinski definition) is 1. The molecule has 0 saturated carbocycles. The van der Waals surface area contributed by atoms with Gasteiger partial charge in [-0.05, 0) is 46.5 Å². The van der Waals surface area contributed by atoms with Crippen LogP contribution < -0.4 is 10.5 Å². The van der Waals surface area contributed by atoms with E-state index in [9.17, 15) is 9.59 Å². The molecule has 29 heavy (non-hydrogen) atoms. The first-order valence-corrected chi connectivity index (χ1v) is 9.72. The van der Waals surface area contributed by atoms with Gasteiger partial charge in [0, 0.05) is 13.0 Å². The first-order chi connectivity index (χ1) is 14.0. The van der Waals surface area contributed by atoms with Crippen LogP contribution in [-0.4, -0.2) is 29.9 Å². The molecule has 5 nitrogen and oxygen atoms in total. The van der Waals surface area contributed by atoms with Crippen molar-refractivity contribution in [2.24, 2.45) is 5.73 Å². The Balaban J connectivity index is 1.64. The van der Waals surface area contributed by atoms with E-state index in [4.69, 9.17) is 10.5 Å². The van der Waals surface area contributed by atoms with Crippen LogP contribution in [0.1, 0.15) is 29.5 Å². The highest BCUT2D eigenvalue weighted by Crippen LogP contribution is 2.30. The number of benzene rings is 3. The summed E-state index contributed by atoms with van der Waals surface area (Å²) in [5, 5.41) is 2.09. The Morgan fingerprint density at radius 2 is 1.72 bits per heavy atom. The van der Waals surface area contributed by atoms with E-state index in [1.54, 1.807) is 12.0 Å². The Bertz CT molecular complexity index is 1090. The molecule has 4 rings (SSSR count). The molecule has 0 saturated heterocycles. The lowest BCUT2D eigenvalue weighted by atomic mass is 9.90. The van der Waals surface area contributed by atoms with Gasteiger partial charge < -0.3 is 15.4 Å². The maximum absolute atomic E-state index is 13.4. The molecule has 2 unspecified atom stereocenters. The minimum Gasteiger partial charge on any atom is -0.497 e. The SMILES string of the molecule is COc1ccc2cc(C(C)C(=O)N3Cc4ccccc4CC3C(N)=O)ccc2c1. The number of hydrogen-bond acceptors (Lipinski definition) is 3. The lowest BCUT2D eigenvalue weighted by Gasteiger charge is -2.36. The fourth-order valence-corrected chi connectivity index (χ4v) is 4.04. The van der Waals surface area contributed by atoms with Crippen LogP contribution in [0.2, 0.25) is 0 Å². The molecule has 2 N–H and O–H groups in total. The molecule has 2 amide bonds. The average molecular weight is 388 g/mol. The maximum Gasteiger partial charge on any atom is 0.240 e. The summed E-state index contributed by atoms with van der Waals surface area (Å²) in [7, 11) is 1.64. The van der Waals surface area contributed by atoms with E-state index in [-0.39, 0.29) is 11.8 Å². The molecular formula is C24H24N2O3. The number of methoxy groups -OCH3 is 1. The molecule has 5 heteroatoms. The molecule has 0 spiro atoms. The minimum atomic E-state index is -0.621. The molecule has 1 aliphatic rings. The van der Waals surface area contributed by atoms with Crippen molar-refractivity contribution in [1.82, 2.24) is 4.90 Å². The summed E-state index contributed by atoms with van der Waals surface area (Å²) in [5.41, 5.74) is 8.70. The number of fused-ring (bicyclic) bond motifs is 2. The predicted molar refractivity (Wildman–Crippen MR) is 113 cm³/mol. The molecule has 1 heterocycles. The van der Waals surface area contributed by atoms with E-state index in [0.29, 0.717) is 13.0 Å². The first kappa shape index (κ1) is 19.0. The van der Waals surface area contributed by atoms with Gasteiger partial charge in [-0.3, -0.25) is 9.59 Å². The minimum absolute atomic E-state index is 0.0869. The molecule has 2 atom stereocenters. The van der Waals surface area contributed by atoms with E-state index >= 15 is 0 Å². The Morgan fingerprint density at radius 1 is 1.03 bits per heavy atom. The molecule has 148 valence electrons. The van der Waals surface area contributed by atoms with Crippen molar-refractivity contribution in [2.75, 3.05) is 7.11 Å². The number of rotatable bonds is 4. The van der Waals surface area contributed by atoms with E-state index in [0.717, 1.165) is 33.2 Å². The van der Waals surface area contributed by atoms with E-state index in [1.807, 2.05) is 67.6 Å². The van der Waals surface area contributed by atoms with Gasteiger partial charge in [0.05, 0.1) is 13.0 Å². The van der Waals surface area contributed by atoms with Gasteiger partial charge in [0.15, 0.2) is 0 Å². The van der Waals surface area contributed by atoms with Crippen LogP contribution in [0.3, 0.4) is 0 Å². The molecule has 0 aliphatic carbocycles. The molecule has 0 fully saturated rings. The van der Waals surface area contributed by atoms with Crippen LogP contribution in [-0.2, 0) is 22.6 Å². The van der Waals surface area contributed by atoms with Crippen LogP contribution in [0.15, 0.2) is 60.7 Å². The van der Waals surface area contributed by atoms with Crippen molar-refractivity contribution in [3.05, 3.63) is 77.4 Å². The Labute approximate surface area is 170 Å². The second-order valence-electron chi connectivity index (χ2n) is 7.55. The third-order valence-electron chi connectivity index (χ3n) is 5.80. The second kappa shape index (κ2) is 7.59. The topological polar surface area (TPSA) is 72.6 Å². The molecule has 0 radical (unpaired) electrons. The standard InChI is InChI=1S/C24H24N2O3/c1-15(16-7-8-19-12-21(29-2)10-9-18(19)11-16)24(28)26-14-20-6-4-3-5-17(20)13-22(26)23(25)27/h3-12,15,22H,13-14H2,1-2H3,(H2,25,27). The van der Waals surface area contributed by atoms with Gasteiger partial charge in [-0.1, -0.05) is 48.5 Å². The van der Waals surface area contributed by atoms with Crippen LogP contribution >= 0.6 is 0 Å². The molecule has 0 aromatic heterocycles. The zero-order valence-electron chi connectivity index (χ0n) is 16.6. The van der Waals surface area contributed by atoms with Gasteiger partial charge in [-0.25, -0.2) is 0 Å². The summed E-state index contributed by atoms with van der Waals surface area (Å²) in [5.74, 6) is -0.138. The van der Waals surface area contributed by atoms with Crippen LogP contribution in [0.5, 0.6) is 5.75 Å².